The van der Waals surface area contributed by atoms with Crippen LogP contribution in [0.25, 0.3) is 0 Å². The van der Waals surface area contributed by atoms with Crippen LogP contribution in [-0.4, -0.2) is 30.9 Å². The van der Waals surface area contributed by atoms with Crippen LogP contribution in [0.1, 0.15) is 19.2 Å². The topological polar surface area (TPSA) is 99.7 Å². The summed E-state index contributed by atoms with van der Waals surface area (Å²) < 4.78 is 10.2. The van der Waals surface area contributed by atoms with E-state index in [2.05, 4.69) is 24.3 Å². The highest BCUT2D eigenvalue weighted by atomic mass is 32.2. The number of rotatable bonds is 5. The smallest absolute Gasteiger partial charge is 0.322 e. The molecular weight excluding hydrogens is 272 g/mol. The van der Waals surface area contributed by atoms with E-state index in [9.17, 15) is 0 Å². The van der Waals surface area contributed by atoms with Crippen molar-refractivity contribution in [1.29, 1.82) is 0 Å². The van der Waals surface area contributed by atoms with Gasteiger partial charge in [-0.2, -0.15) is 19.3 Å². The maximum Gasteiger partial charge on any atom is 0.322 e. The van der Waals surface area contributed by atoms with Gasteiger partial charge in [0.1, 0.15) is 5.82 Å². The molecule has 0 fully saturated rings. The number of hydrogen-bond donors (Lipinski definition) is 1. The lowest BCUT2D eigenvalue weighted by Gasteiger charge is -2.03. The van der Waals surface area contributed by atoms with Gasteiger partial charge in [0.25, 0.3) is 0 Å². The van der Waals surface area contributed by atoms with Crippen LogP contribution in [0.15, 0.2) is 9.50 Å². The molecule has 0 spiro atoms. The number of aromatic nitrogens is 5. The van der Waals surface area contributed by atoms with Crippen LogP contribution >= 0.6 is 23.3 Å². The van der Waals surface area contributed by atoms with Gasteiger partial charge >= 0.3 is 6.01 Å². The number of hydrogen-bond acceptors (Lipinski definition) is 9. The van der Waals surface area contributed by atoms with E-state index in [4.69, 9.17) is 10.5 Å². The van der Waals surface area contributed by atoms with E-state index in [0.29, 0.717) is 11.8 Å². The Kier molecular flexibility index (Phi) is 4.26. The first-order chi connectivity index (χ1) is 8.67. The van der Waals surface area contributed by atoms with E-state index in [0.717, 1.165) is 16.6 Å². The summed E-state index contributed by atoms with van der Waals surface area (Å²) in [5, 5.41) is 0.463. The Bertz CT molecular complexity index is 532. The standard InChI is InChI=1S/C9H12N6OS2/c1-3-4-16-7-12-6(10)13-8(14-7)17-9-11-5(2)15-18-9/h3-4H2,1-2H3,(H2,10,12,13,14). The molecule has 2 N–H and O–H groups in total. The lowest BCUT2D eigenvalue weighted by Crippen LogP contribution is -2.05. The van der Waals surface area contributed by atoms with Gasteiger partial charge in [-0.3, -0.25) is 0 Å². The fraction of sp³-hybridized carbons (Fsp3) is 0.444. The van der Waals surface area contributed by atoms with Gasteiger partial charge in [-0.1, -0.05) is 6.92 Å². The highest BCUT2D eigenvalue weighted by Crippen LogP contribution is 2.27. The Balaban J connectivity index is 2.14. The third-order valence-corrected chi connectivity index (χ3v) is 3.44. The summed E-state index contributed by atoms with van der Waals surface area (Å²) in [6.07, 6.45) is 0.879. The number of nitrogens with two attached hydrogens (primary N) is 1. The monoisotopic (exact) mass is 284 g/mol. The van der Waals surface area contributed by atoms with E-state index in [1.54, 1.807) is 0 Å². The molecule has 2 aromatic rings. The number of nitrogen functional groups attached to an aromatic ring is 1. The molecule has 0 aliphatic rings. The Morgan fingerprint density at radius 1 is 1.28 bits per heavy atom. The minimum absolute atomic E-state index is 0.139. The van der Waals surface area contributed by atoms with Crippen LogP contribution < -0.4 is 10.5 Å². The summed E-state index contributed by atoms with van der Waals surface area (Å²) in [4.78, 5) is 16.3. The first kappa shape index (κ1) is 13.0. The Labute approximate surface area is 112 Å². The van der Waals surface area contributed by atoms with Gasteiger partial charge in [-0.15, -0.1) is 0 Å². The molecular formula is C9H12N6OS2. The molecule has 7 nitrogen and oxygen atoms in total. The van der Waals surface area contributed by atoms with Crippen LogP contribution in [-0.2, 0) is 0 Å². The second kappa shape index (κ2) is 5.91. The lowest BCUT2D eigenvalue weighted by atomic mass is 10.5. The van der Waals surface area contributed by atoms with Crippen LogP contribution in [0.4, 0.5) is 5.95 Å². The van der Waals surface area contributed by atoms with Crippen molar-refractivity contribution in [2.45, 2.75) is 29.8 Å². The Morgan fingerprint density at radius 3 is 2.78 bits per heavy atom. The van der Waals surface area contributed by atoms with E-state index in [1.165, 1.54) is 23.3 Å². The first-order valence-corrected chi connectivity index (χ1v) is 6.89. The number of ether oxygens (including phenoxy) is 1. The molecule has 0 atom stereocenters. The summed E-state index contributed by atoms with van der Waals surface area (Å²) >= 11 is 2.59. The number of anilines is 1. The zero-order valence-electron chi connectivity index (χ0n) is 9.95. The highest BCUT2D eigenvalue weighted by Gasteiger charge is 2.10. The number of aryl methyl sites for hydroxylation is 1. The minimum atomic E-state index is 0.139. The van der Waals surface area contributed by atoms with Gasteiger partial charge in [0.2, 0.25) is 11.1 Å². The summed E-state index contributed by atoms with van der Waals surface area (Å²) in [5.41, 5.74) is 5.60. The van der Waals surface area contributed by atoms with Crippen LogP contribution in [0, 0.1) is 6.92 Å². The predicted octanol–water partition coefficient (Wildman–Crippen LogP) is 1.55. The SMILES string of the molecule is CCCOc1nc(N)nc(Sc2nc(C)ns2)n1. The van der Waals surface area contributed by atoms with Crippen LogP contribution in [0.2, 0.25) is 0 Å². The molecule has 0 radical (unpaired) electrons. The van der Waals surface area contributed by atoms with Gasteiger partial charge in [0.15, 0.2) is 4.34 Å². The molecule has 2 aromatic heterocycles. The summed E-state index contributed by atoms with van der Waals surface area (Å²) in [7, 11) is 0. The van der Waals surface area contributed by atoms with Crippen LogP contribution in [0.5, 0.6) is 6.01 Å². The second-order valence-electron chi connectivity index (χ2n) is 3.32. The van der Waals surface area contributed by atoms with Gasteiger partial charge in [-0.25, -0.2) is 4.98 Å². The molecule has 96 valence electrons. The Hall–Kier alpha value is -1.48. The Morgan fingerprint density at radius 2 is 2.11 bits per heavy atom. The van der Waals surface area contributed by atoms with Gasteiger partial charge < -0.3 is 10.5 Å². The van der Waals surface area contributed by atoms with Crippen LogP contribution in [0.3, 0.4) is 0 Å². The van der Waals surface area contributed by atoms with E-state index >= 15 is 0 Å². The zero-order chi connectivity index (χ0) is 13.0. The van der Waals surface area contributed by atoms with Crippen molar-refractivity contribution in [1.82, 2.24) is 24.3 Å². The quantitative estimate of drug-likeness (QED) is 0.882. The largest absolute Gasteiger partial charge is 0.463 e. The normalized spacial score (nSPS) is 10.6. The lowest BCUT2D eigenvalue weighted by molar-refractivity contribution is 0.288. The fourth-order valence-electron chi connectivity index (χ4n) is 1.05. The van der Waals surface area contributed by atoms with Crippen molar-refractivity contribution in [3.8, 4) is 6.01 Å². The summed E-state index contributed by atoms with van der Waals surface area (Å²) in [6.45, 7) is 4.38. The van der Waals surface area contributed by atoms with Gasteiger partial charge in [-0.05, 0) is 36.6 Å². The average Bonchev–Trinajstić information content (AvgIpc) is 2.71. The molecule has 0 saturated carbocycles. The van der Waals surface area contributed by atoms with Crippen molar-refractivity contribution in [3.05, 3.63) is 5.82 Å². The average molecular weight is 284 g/mol. The van der Waals surface area contributed by atoms with Crippen molar-refractivity contribution in [2.75, 3.05) is 12.3 Å². The van der Waals surface area contributed by atoms with Gasteiger partial charge in [0.05, 0.1) is 6.61 Å². The van der Waals surface area contributed by atoms with E-state index in [1.807, 2.05) is 13.8 Å². The molecule has 0 aromatic carbocycles. The maximum absolute atomic E-state index is 5.60. The molecule has 0 bridgehead atoms. The minimum Gasteiger partial charge on any atom is -0.463 e. The highest BCUT2D eigenvalue weighted by molar-refractivity contribution is 8.00. The first-order valence-electron chi connectivity index (χ1n) is 5.30. The third kappa shape index (κ3) is 3.50. The zero-order valence-corrected chi connectivity index (χ0v) is 11.6. The molecule has 0 saturated heterocycles. The van der Waals surface area contributed by atoms with Gasteiger partial charge in [0, 0.05) is 0 Å². The van der Waals surface area contributed by atoms with Crippen molar-refractivity contribution in [3.63, 3.8) is 0 Å². The second-order valence-corrected chi connectivity index (χ2v) is 5.28. The molecule has 2 rings (SSSR count). The summed E-state index contributed by atoms with van der Waals surface area (Å²) in [5.74, 6) is 0.867. The molecule has 0 unspecified atom stereocenters. The maximum atomic E-state index is 5.60. The van der Waals surface area contributed by atoms with E-state index < -0.39 is 0 Å². The molecule has 2 heterocycles. The third-order valence-electron chi connectivity index (χ3n) is 1.73. The molecule has 0 amide bonds. The number of nitrogens with zero attached hydrogens (tertiary/aromatic N) is 5. The molecule has 9 heteroatoms. The predicted molar refractivity (Wildman–Crippen MR) is 68.8 cm³/mol. The summed E-state index contributed by atoms with van der Waals surface area (Å²) in [6, 6.07) is 0.244. The van der Waals surface area contributed by atoms with Crippen molar-refractivity contribution >= 4 is 29.2 Å². The fourth-order valence-corrected chi connectivity index (χ4v) is 2.56. The molecule has 0 aliphatic carbocycles. The molecule has 0 aliphatic heterocycles. The van der Waals surface area contributed by atoms with Crippen molar-refractivity contribution in [2.24, 2.45) is 0 Å². The van der Waals surface area contributed by atoms with E-state index in [-0.39, 0.29) is 12.0 Å². The molecule has 18 heavy (non-hydrogen) atoms. The van der Waals surface area contributed by atoms with Crippen molar-refractivity contribution < 1.29 is 4.74 Å².